The molecule has 0 bridgehead atoms. The molecule has 1 aromatic heterocycles. The van der Waals surface area contributed by atoms with Crippen LogP contribution in [0, 0.1) is 6.92 Å². The number of nitrogens with one attached hydrogen (secondary N) is 1. The summed E-state index contributed by atoms with van der Waals surface area (Å²) in [6.45, 7) is 2.86. The molecule has 2 heterocycles. The fourth-order valence-electron chi connectivity index (χ4n) is 2.98. The van der Waals surface area contributed by atoms with Crippen molar-refractivity contribution in [2.75, 3.05) is 18.4 Å². The predicted molar refractivity (Wildman–Crippen MR) is 95.1 cm³/mol. The van der Waals surface area contributed by atoms with Gasteiger partial charge in [0.25, 0.3) is 5.91 Å². The van der Waals surface area contributed by atoms with Crippen LogP contribution in [0.4, 0.5) is 5.69 Å². The minimum absolute atomic E-state index is 0.178. The van der Waals surface area contributed by atoms with Gasteiger partial charge < -0.3 is 9.73 Å². The van der Waals surface area contributed by atoms with E-state index in [0.717, 1.165) is 25.7 Å². The molecule has 1 amide bonds. The highest BCUT2D eigenvalue weighted by Gasteiger charge is 2.27. The summed E-state index contributed by atoms with van der Waals surface area (Å²) in [6.07, 6.45) is 5.30. The van der Waals surface area contributed by atoms with E-state index in [0.29, 0.717) is 24.3 Å². The van der Waals surface area contributed by atoms with Gasteiger partial charge in [0.05, 0.1) is 11.2 Å². The number of amides is 1. The molecule has 3 rings (SSSR count). The summed E-state index contributed by atoms with van der Waals surface area (Å²) < 4.78 is 32.7. The Labute approximate surface area is 147 Å². The van der Waals surface area contributed by atoms with Gasteiger partial charge in [0, 0.05) is 18.8 Å². The number of sulfonamides is 1. The predicted octanol–water partition coefficient (Wildman–Crippen LogP) is 3.41. The van der Waals surface area contributed by atoms with E-state index in [1.807, 2.05) is 0 Å². The molecule has 0 saturated carbocycles. The van der Waals surface area contributed by atoms with E-state index in [-0.39, 0.29) is 10.7 Å². The summed E-state index contributed by atoms with van der Waals surface area (Å²) in [5.41, 5.74) is 1.10. The maximum Gasteiger partial charge on any atom is 0.291 e. The number of hydrogen-bond acceptors (Lipinski definition) is 4. The molecular formula is C18H22N2O4S. The number of benzene rings is 1. The lowest BCUT2D eigenvalue weighted by atomic mass is 10.2. The van der Waals surface area contributed by atoms with E-state index in [9.17, 15) is 13.2 Å². The third-order valence-electron chi connectivity index (χ3n) is 4.37. The second kappa shape index (κ2) is 7.41. The maximum absolute atomic E-state index is 13.0. The van der Waals surface area contributed by atoms with Gasteiger partial charge in [-0.25, -0.2) is 8.42 Å². The Morgan fingerprint density at radius 1 is 1.12 bits per heavy atom. The van der Waals surface area contributed by atoms with Crippen LogP contribution >= 0.6 is 0 Å². The highest BCUT2D eigenvalue weighted by Crippen LogP contribution is 2.26. The highest BCUT2D eigenvalue weighted by molar-refractivity contribution is 7.89. The van der Waals surface area contributed by atoms with Crippen molar-refractivity contribution in [2.24, 2.45) is 0 Å². The molecule has 6 nitrogen and oxygen atoms in total. The molecule has 7 heteroatoms. The molecule has 2 aromatic rings. The third kappa shape index (κ3) is 3.93. The van der Waals surface area contributed by atoms with Gasteiger partial charge in [-0.1, -0.05) is 18.9 Å². The van der Waals surface area contributed by atoms with Crippen LogP contribution in [0.5, 0.6) is 0 Å². The van der Waals surface area contributed by atoms with E-state index in [2.05, 4.69) is 5.32 Å². The van der Waals surface area contributed by atoms with Crippen LogP contribution in [0.3, 0.4) is 0 Å². The Balaban J connectivity index is 1.87. The molecule has 1 aliphatic rings. The van der Waals surface area contributed by atoms with Crippen LogP contribution in [0.1, 0.15) is 41.8 Å². The van der Waals surface area contributed by atoms with Gasteiger partial charge >= 0.3 is 0 Å². The van der Waals surface area contributed by atoms with E-state index in [1.54, 1.807) is 35.5 Å². The van der Waals surface area contributed by atoms with E-state index >= 15 is 0 Å². The Hall–Kier alpha value is -2.12. The number of furan rings is 1. The van der Waals surface area contributed by atoms with Gasteiger partial charge in [-0.2, -0.15) is 4.31 Å². The van der Waals surface area contributed by atoms with E-state index in [4.69, 9.17) is 4.42 Å². The fourth-order valence-corrected chi connectivity index (χ4v) is 4.75. The SMILES string of the molecule is Cc1ccc(NC(=O)c2ccco2)cc1S(=O)(=O)N1CCCCCC1. The normalized spacial score (nSPS) is 16.4. The van der Waals surface area contributed by atoms with Crippen molar-refractivity contribution >= 4 is 21.6 Å². The summed E-state index contributed by atoms with van der Waals surface area (Å²) in [6, 6.07) is 8.11. The monoisotopic (exact) mass is 362 g/mol. The fraction of sp³-hybridized carbons (Fsp3) is 0.389. The molecule has 25 heavy (non-hydrogen) atoms. The topological polar surface area (TPSA) is 79.6 Å². The molecule has 0 unspecified atom stereocenters. The molecule has 1 saturated heterocycles. The van der Waals surface area contributed by atoms with Crippen molar-refractivity contribution < 1.29 is 17.6 Å². The number of nitrogens with zero attached hydrogens (tertiary/aromatic N) is 1. The maximum atomic E-state index is 13.0. The number of carbonyl (C=O) groups excluding carboxylic acids is 1. The Bertz CT molecular complexity index is 836. The molecule has 0 aliphatic carbocycles. The van der Waals surface area contributed by atoms with Crippen LogP contribution in [0.25, 0.3) is 0 Å². The van der Waals surface area contributed by atoms with Crippen molar-refractivity contribution in [1.29, 1.82) is 0 Å². The Morgan fingerprint density at radius 2 is 1.84 bits per heavy atom. The molecule has 1 N–H and O–H groups in total. The summed E-state index contributed by atoms with van der Waals surface area (Å²) in [4.78, 5) is 12.3. The quantitative estimate of drug-likeness (QED) is 0.904. The molecule has 0 spiro atoms. The van der Waals surface area contributed by atoms with E-state index < -0.39 is 15.9 Å². The first-order valence-electron chi connectivity index (χ1n) is 8.44. The van der Waals surface area contributed by atoms with E-state index in [1.165, 1.54) is 12.3 Å². The first kappa shape index (κ1) is 17.7. The van der Waals surface area contributed by atoms with Crippen LogP contribution < -0.4 is 5.32 Å². The zero-order valence-electron chi connectivity index (χ0n) is 14.2. The van der Waals surface area contributed by atoms with Crippen molar-refractivity contribution in [2.45, 2.75) is 37.5 Å². The zero-order valence-corrected chi connectivity index (χ0v) is 15.0. The summed E-state index contributed by atoms with van der Waals surface area (Å²) in [7, 11) is -3.57. The van der Waals surface area contributed by atoms with Crippen LogP contribution in [0.2, 0.25) is 0 Å². The minimum atomic E-state index is -3.57. The van der Waals surface area contributed by atoms with Crippen molar-refractivity contribution in [3.8, 4) is 0 Å². The lowest BCUT2D eigenvalue weighted by Gasteiger charge is -2.21. The average molecular weight is 362 g/mol. The lowest BCUT2D eigenvalue weighted by Crippen LogP contribution is -2.32. The van der Waals surface area contributed by atoms with Crippen LogP contribution in [-0.4, -0.2) is 31.7 Å². The molecule has 1 aromatic carbocycles. The Morgan fingerprint density at radius 3 is 2.48 bits per heavy atom. The molecule has 0 atom stereocenters. The smallest absolute Gasteiger partial charge is 0.291 e. The van der Waals surface area contributed by atoms with Crippen molar-refractivity contribution in [3.63, 3.8) is 0 Å². The molecule has 1 aliphatic heterocycles. The van der Waals surface area contributed by atoms with Gasteiger partial charge in [-0.3, -0.25) is 4.79 Å². The lowest BCUT2D eigenvalue weighted by molar-refractivity contribution is 0.0996. The number of carbonyl (C=O) groups is 1. The molecular weight excluding hydrogens is 340 g/mol. The number of hydrogen-bond donors (Lipinski definition) is 1. The summed E-state index contributed by atoms with van der Waals surface area (Å²) in [5, 5.41) is 2.68. The van der Waals surface area contributed by atoms with Gasteiger partial charge in [-0.05, 0) is 49.6 Å². The first-order valence-corrected chi connectivity index (χ1v) is 9.88. The third-order valence-corrected chi connectivity index (χ3v) is 6.41. The molecule has 134 valence electrons. The zero-order chi connectivity index (χ0) is 17.9. The highest BCUT2D eigenvalue weighted by atomic mass is 32.2. The Kier molecular flexibility index (Phi) is 5.24. The van der Waals surface area contributed by atoms with Crippen molar-refractivity contribution in [3.05, 3.63) is 47.9 Å². The second-order valence-corrected chi connectivity index (χ2v) is 8.14. The van der Waals surface area contributed by atoms with Crippen LogP contribution in [0.15, 0.2) is 45.9 Å². The summed E-state index contributed by atoms with van der Waals surface area (Å²) in [5.74, 6) is -0.232. The minimum Gasteiger partial charge on any atom is -0.459 e. The van der Waals surface area contributed by atoms with Gasteiger partial charge in [0.15, 0.2) is 5.76 Å². The number of anilines is 1. The summed E-state index contributed by atoms with van der Waals surface area (Å²) >= 11 is 0. The standard InChI is InChI=1S/C18H22N2O4S/c1-14-8-9-15(19-18(21)16-7-6-12-24-16)13-17(14)25(22,23)20-10-4-2-3-5-11-20/h6-9,12-13H,2-5,10-11H2,1H3,(H,19,21). The molecule has 1 fully saturated rings. The van der Waals surface area contributed by atoms with Gasteiger partial charge in [0.1, 0.15) is 0 Å². The van der Waals surface area contributed by atoms with Crippen LogP contribution in [-0.2, 0) is 10.0 Å². The number of aryl methyl sites for hydroxylation is 1. The number of rotatable bonds is 4. The second-order valence-electron chi connectivity index (χ2n) is 6.23. The largest absolute Gasteiger partial charge is 0.459 e. The van der Waals surface area contributed by atoms with Crippen molar-refractivity contribution in [1.82, 2.24) is 4.31 Å². The van der Waals surface area contributed by atoms with Gasteiger partial charge in [0.2, 0.25) is 10.0 Å². The average Bonchev–Trinajstić information content (AvgIpc) is 2.98. The first-order chi connectivity index (χ1) is 12.0. The van der Waals surface area contributed by atoms with Gasteiger partial charge in [-0.15, -0.1) is 0 Å². The molecule has 0 radical (unpaired) electrons.